The standard InChI is InChI=1S/C15H25N.C5H12.C4H10/c1-3-5-6-7-12-16-13-15-10-8-14(4-2)9-11-15;1-3-5-4-2;1-3-4-2/h8-11,16H,3-7,12-13H2,1-2H3;3-5H2,1-2H3;3-4H2,1-2H3. The van der Waals surface area contributed by atoms with Gasteiger partial charge in [0.2, 0.25) is 0 Å². The molecule has 0 aliphatic carbocycles. The lowest BCUT2D eigenvalue weighted by atomic mass is 10.1. The van der Waals surface area contributed by atoms with Gasteiger partial charge in [0.25, 0.3) is 0 Å². The van der Waals surface area contributed by atoms with Crippen molar-refractivity contribution in [1.82, 2.24) is 5.32 Å². The van der Waals surface area contributed by atoms with Crippen LogP contribution in [0.4, 0.5) is 0 Å². The van der Waals surface area contributed by atoms with Crippen LogP contribution in [0.5, 0.6) is 0 Å². The molecule has 0 unspecified atom stereocenters. The largest absolute Gasteiger partial charge is 0.313 e. The molecule has 1 nitrogen and oxygen atoms in total. The summed E-state index contributed by atoms with van der Waals surface area (Å²) in [6.45, 7) is 15.4. The summed E-state index contributed by atoms with van der Waals surface area (Å²) in [5, 5.41) is 3.50. The molecule has 0 amide bonds. The monoisotopic (exact) mass is 349 g/mol. The van der Waals surface area contributed by atoms with E-state index in [1.54, 1.807) is 0 Å². The molecule has 0 radical (unpaired) electrons. The lowest BCUT2D eigenvalue weighted by Gasteiger charge is -2.05. The van der Waals surface area contributed by atoms with E-state index < -0.39 is 0 Å². The van der Waals surface area contributed by atoms with Crippen LogP contribution in [-0.2, 0) is 13.0 Å². The molecule has 0 heterocycles. The van der Waals surface area contributed by atoms with Crippen molar-refractivity contribution in [3.05, 3.63) is 35.4 Å². The Morgan fingerprint density at radius 2 is 1.08 bits per heavy atom. The van der Waals surface area contributed by atoms with Crippen molar-refractivity contribution >= 4 is 0 Å². The Bertz CT molecular complexity index is 324. The van der Waals surface area contributed by atoms with Gasteiger partial charge in [0.05, 0.1) is 0 Å². The van der Waals surface area contributed by atoms with Crippen molar-refractivity contribution in [3.8, 4) is 0 Å². The Hall–Kier alpha value is -0.820. The summed E-state index contributed by atoms with van der Waals surface area (Å²) in [6, 6.07) is 8.93. The number of benzene rings is 1. The lowest BCUT2D eigenvalue weighted by molar-refractivity contribution is 0.598. The number of aryl methyl sites for hydroxylation is 1. The van der Waals surface area contributed by atoms with E-state index >= 15 is 0 Å². The second-order valence-corrected chi connectivity index (χ2v) is 6.76. The van der Waals surface area contributed by atoms with Gasteiger partial charge in [0, 0.05) is 6.54 Å². The molecule has 1 aromatic rings. The highest BCUT2D eigenvalue weighted by atomic mass is 14.8. The summed E-state index contributed by atoms with van der Waals surface area (Å²) in [4.78, 5) is 0. The maximum absolute atomic E-state index is 3.50. The van der Waals surface area contributed by atoms with Crippen LogP contribution in [0.2, 0.25) is 0 Å². The summed E-state index contributed by atoms with van der Waals surface area (Å²) in [7, 11) is 0. The van der Waals surface area contributed by atoms with Gasteiger partial charge in [0.15, 0.2) is 0 Å². The van der Waals surface area contributed by atoms with E-state index in [-0.39, 0.29) is 0 Å². The van der Waals surface area contributed by atoms with Gasteiger partial charge in [-0.25, -0.2) is 0 Å². The van der Waals surface area contributed by atoms with Crippen LogP contribution in [-0.4, -0.2) is 6.54 Å². The smallest absolute Gasteiger partial charge is 0.0205 e. The number of hydrogen-bond acceptors (Lipinski definition) is 1. The van der Waals surface area contributed by atoms with Crippen molar-refractivity contribution in [3.63, 3.8) is 0 Å². The van der Waals surface area contributed by atoms with E-state index in [9.17, 15) is 0 Å². The fourth-order valence-corrected chi connectivity index (χ4v) is 2.16. The van der Waals surface area contributed by atoms with Gasteiger partial charge in [-0.1, -0.05) is 117 Å². The van der Waals surface area contributed by atoms with Gasteiger partial charge in [0.1, 0.15) is 0 Å². The van der Waals surface area contributed by atoms with Crippen molar-refractivity contribution in [1.29, 1.82) is 0 Å². The van der Waals surface area contributed by atoms with Crippen LogP contribution < -0.4 is 5.32 Å². The zero-order chi connectivity index (χ0) is 19.2. The molecule has 1 aromatic carbocycles. The topological polar surface area (TPSA) is 12.0 Å². The molecule has 0 aromatic heterocycles. The van der Waals surface area contributed by atoms with Crippen LogP contribution in [0, 0.1) is 0 Å². The van der Waals surface area contributed by atoms with Crippen molar-refractivity contribution in [2.75, 3.05) is 6.54 Å². The van der Waals surface area contributed by atoms with E-state index in [4.69, 9.17) is 0 Å². The molecule has 0 atom stereocenters. The number of rotatable bonds is 11. The van der Waals surface area contributed by atoms with Crippen LogP contribution in [0.1, 0.15) is 110 Å². The third kappa shape index (κ3) is 21.1. The molecular formula is C24H47N. The first-order valence-electron chi connectivity index (χ1n) is 11.0. The molecule has 0 bridgehead atoms. The number of hydrogen-bond donors (Lipinski definition) is 1. The average molecular weight is 350 g/mol. The van der Waals surface area contributed by atoms with Gasteiger partial charge >= 0.3 is 0 Å². The fourth-order valence-electron chi connectivity index (χ4n) is 2.16. The lowest BCUT2D eigenvalue weighted by Crippen LogP contribution is -2.14. The summed E-state index contributed by atoms with van der Waals surface area (Å²) >= 11 is 0. The summed E-state index contributed by atoms with van der Waals surface area (Å²) in [5.74, 6) is 0. The minimum absolute atomic E-state index is 1.01. The first-order valence-corrected chi connectivity index (χ1v) is 11.0. The zero-order valence-electron chi connectivity index (χ0n) is 18.3. The van der Waals surface area contributed by atoms with Gasteiger partial charge < -0.3 is 5.32 Å². The first-order chi connectivity index (χ1) is 12.2. The molecule has 148 valence electrons. The van der Waals surface area contributed by atoms with E-state index in [2.05, 4.69) is 71.1 Å². The van der Waals surface area contributed by atoms with Crippen LogP contribution in [0.3, 0.4) is 0 Å². The first kappa shape index (κ1) is 26.4. The Kier molecular flexibility index (Phi) is 24.5. The molecule has 0 saturated carbocycles. The third-order valence-corrected chi connectivity index (χ3v) is 4.17. The average Bonchev–Trinajstić information content (AvgIpc) is 2.66. The number of unbranched alkanes of at least 4 members (excludes halogenated alkanes) is 6. The third-order valence-electron chi connectivity index (χ3n) is 4.17. The van der Waals surface area contributed by atoms with E-state index in [0.717, 1.165) is 19.5 Å². The normalized spacial score (nSPS) is 9.68. The minimum Gasteiger partial charge on any atom is -0.313 e. The van der Waals surface area contributed by atoms with Gasteiger partial charge in [-0.2, -0.15) is 0 Å². The van der Waals surface area contributed by atoms with Crippen molar-refractivity contribution in [2.24, 2.45) is 0 Å². The molecule has 1 heteroatoms. The predicted octanol–water partition coefficient (Wildman–Crippen LogP) is 7.92. The highest BCUT2D eigenvalue weighted by molar-refractivity contribution is 5.22. The van der Waals surface area contributed by atoms with Crippen molar-refractivity contribution < 1.29 is 0 Å². The molecule has 1 rings (SSSR count). The Morgan fingerprint density at radius 3 is 1.48 bits per heavy atom. The maximum atomic E-state index is 3.50. The summed E-state index contributed by atoms with van der Waals surface area (Å²) in [6.07, 6.45) is 13.2. The second kappa shape index (κ2) is 23.2. The number of nitrogens with one attached hydrogen (secondary N) is 1. The van der Waals surface area contributed by atoms with Gasteiger partial charge in [-0.3, -0.25) is 0 Å². The molecule has 0 aliphatic heterocycles. The molecule has 25 heavy (non-hydrogen) atoms. The predicted molar refractivity (Wildman–Crippen MR) is 117 cm³/mol. The van der Waals surface area contributed by atoms with E-state index in [1.807, 2.05) is 0 Å². The molecule has 0 spiro atoms. The van der Waals surface area contributed by atoms with Crippen LogP contribution in [0.25, 0.3) is 0 Å². The SMILES string of the molecule is CCCC.CCCCC.CCCCCCNCc1ccc(CC)cc1. The van der Waals surface area contributed by atoms with Crippen LogP contribution in [0.15, 0.2) is 24.3 Å². The molecule has 0 aliphatic rings. The molecule has 1 N–H and O–H groups in total. The summed E-state index contributed by atoms with van der Waals surface area (Å²) in [5.41, 5.74) is 2.82. The molecular weight excluding hydrogens is 302 g/mol. The maximum Gasteiger partial charge on any atom is 0.0205 e. The Balaban J connectivity index is 0. The van der Waals surface area contributed by atoms with Crippen LogP contribution >= 0.6 is 0 Å². The highest BCUT2D eigenvalue weighted by Crippen LogP contribution is 2.05. The Labute approximate surface area is 160 Å². The van der Waals surface area contributed by atoms with Gasteiger partial charge in [-0.15, -0.1) is 0 Å². The quantitative estimate of drug-likeness (QED) is 0.400. The Morgan fingerprint density at radius 1 is 0.560 bits per heavy atom. The van der Waals surface area contributed by atoms with E-state index in [0.29, 0.717) is 0 Å². The van der Waals surface area contributed by atoms with E-state index in [1.165, 1.54) is 68.9 Å². The molecule has 0 fully saturated rings. The fraction of sp³-hybridized carbons (Fsp3) is 0.750. The second-order valence-electron chi connectivity index (χ2n) is 6.76. The van der Waals surface area contributed by atoms with Gasteiger partial charge in [-0.05, 0) is 30.5 Å². The summed E-state index contributed by atoms with van der Waals surface area (Å²) < 4.78 is 0. The minimum atomic E-state index is 1.01. The zero-order valence-corrected chi connectivity index (χ0v) is 18.3. The molecule has 0 saturated heterocycles. The van der Waals surface area contributed by atoms with Crippen molar-refractivity contribution in [2.45, 2.75) is 112 Å². The highest BCUT2D eigenvalue weighted by Gasteiger charge is 1.93.